The molecule has 0 N–H and O–H groups in total. The van der Waals surface area contributed by atoms with E-state index in [9.17, 15) is 22.4 Å². The van der Waals surface area contributed by atoms with E-state index in [2.05, 4.69) is 0 Å². The summed E-state index contributed by atoms with van der Waals surface area (Å²) in [5.41, 5.74) is -0.771. The molecule has 0 fully saturated rings. The predicted octanol–water partition coefficient (Wildman–Crippen LogP) is 3.87. The van der Waals surface area contributed by atoms with Crippen LogP contribution in [0.1, 0.15) is 27.2 Å². The molecular weight excluding hydrogens is 322 g/mol. The summed E-state index contributed by atoms with van der Waals surface area (Å²) >= 11 is 1.62. The Hall–Kier alpha value is -0.530. The first-order chi connectivity index (χ1) is 7.76. The number of alkyl halides is 5. The number of carbonyl (C=O) groups is 1. The number of carbonyl (C=O) groups excluding carboxylic acids is 1. The van der Waals surface area contributed by atoms with E-state index >= 15 is 0 Å². The highest BCUT2D eigenvalue weighted by Gasteiger charge is 2.53. The van der Waals surface area contributed by atoms with Gasteiger partial charge >= 0.3 is 16.8 Å². The van der Waals surface area contributed by atoms with Gasteiger partial charge in [-0.25, -0.2) is 4.79 Å². The second-order valence-corrected chi connectivity index (χ2v) is 5.85. The molecule has 1 amide bonds. The van der Waals surface area contributed by atoms with Crippen molar-refractivity contribution in [2.24, 2.45) is 0 Å². The van der Waals surface area contributed by atoms with Crippen molar-refractivity contribution in [1.29, 1.82) is 0 Å². The van der Waals surface area contributed by atoms with Gasteiger partial charge in [-0.3, -0.25) is 0 Å². The molecule has 0 saturated heterocycles. The number of hydrogen-bond acceptors (Lipinski definition) is 2. The summed E-state index contributed by atoms with van der Waals surface area (Å²) in [5.74, 6) is -4.23. The molecule has 0 aliphatic carbocycles. The highest BCUT2D eigenvalue weighted by Crippen LogP contribution is 2.41. The molecule has 0 aromatic carbocycles. The molecular formula is C10H16BrF4NO2. The summed E-state index contributed by atoms with van der Waals surface area (Å²) in [6.45, 7) is 4.29. The van der Waals surface area contributed by atoms with E-state index in [0.29, 0.717) is 0 Å². The quantitative estimate of drug-likeness (QED) is 0.575. The molecule has 18 heavy (non-hydrogen) atoms. The van der Waals surface area contributed by atoms with Gasteiger partial charge in [0.25, 0.3) is 0 Å². The van der Waals surface area contributed by atoms with Crippen molar-refractivity contribution < 1.29 is 27.1 Å². The zero-order valence-electron chi connectivity index (χ0n) is 10.6. The Morgan fingerprint density at radius 3 is 2.00 bits per heavy atom. The highest BCUT2D eigenvalue weighted by molar-refractivity contribution is 9.10. The van der Waals surface area contributed by atoms with Crippen LogP contribution in [0.4, 0.5) is 22.4 Å². The van der Waals surface area contributed by atoms with Gasteiger partial charge in [-0.1, -0.05) is 0 Å². The van der Waals surface area contributed by atoms with Crippen LogP contribution in [0.5, 0.6) is 0 Å². The molecule has 108 valence electrons. The van der Waals surface area contributed by atoms with E-state index in [-0.39, 0.29) is 0 Å². The number of rotatable bonds is 4. The average Bonchev–Trinajstić information content (AvgIpc) is 2.09. The minimum absolute atomic E-state index is 0.539. The van der Waals surface area contributed by atoms with Crippen LogP contribution in [0.2, 0.25) is 0 Å². The van der Waals surface area contributed by atoms with Crippen LogP contribution in [0.15, 0.2) is 0 Å². The minimum Gasteiger partial charge on any atom is -0.444 e. The molecule has 0 aliphatic rings. The normalized spacial score (nSPS) is 13.4. The predicted molar refractivity (Wildman–Crippen MR) is 62.3 cm³/mol. The fourth-order valence-electron chi connectivity index (χ4n) is 0.881. The van der Waals surface area contributed by atoms with Gasteiger partial charge in [-0.05, 0) is 36.7 Å². The third-order valence-electron chi connectivity index (χ3n) is 1.88. The number of hydrogen-bond donors (Lipinski definition) is 0. The summed E-state index contributed by atoms with van der Waals surface area (Å²) in [5, 5.41) is 0. The van der Waals surface area contributed by atoms with Gasteiger partial charge in [0, 0.05) is 20.0 Å². The molecule has 0 unspecified atom stereocenters. The van der Waals surface area contributed by atoms with Crippen LogP contribution >= 0.6 is 15.9 Å². The number of halogens is 5. The monoisotopic (exact) mass is 337 g/mol. The summed E-state index contributed by atoms with van der Waals surface area (Å²) in [6.07, 6.45) is -2.00. The lowest BCUT2D eigenvalue weighted by Crippen LogP contribution is -2.41. The van der Waals surface area contributed by atoms with E-state index in [0.717, 1.165) is 4.90 Å². The van der Waals surface area contributed by atoms with E-state index in [4.69, 9.17) is 4.74 Å². The SMILES string of the molecule is CN(CCC(F)(F)C(F)(F)Br)C(=O)OC(C)(C)C. The van der Waals surface area contributed by atoms with Crippen molar-refractivity contribution in [3.05, 3.63) is 0 Å². The molecule has 0 aliphatic heterocycles. The van der Waals surface area contributed by atoms with E-state index < -0.39 is 35.4 Å². The third kappa shape index (κ3) is 5.88. The van der Waals surface area contributed by atoms with Crippen LogP contribution in [-0.2, 0) is 4.74 Å². The van der Waals surface area contributed by atoms with Gasteiger partial charge in [0.1, 0.15) is 5.60 Å². The fourth-order valence-corrected chi connectivity index (χ4v) is 1.08. The summed E-state index contributed by atoms with van der Waals surface area (Å²) in [4.78, 5) is 7.92. The van der Waals surface area contributed by atoms with Gasteiger partial charge < -0.3 is 9.64 Å². The molecule has 8 heteroatoms. The van der Waals surface area contributed by atoms with Gasteiger partial charge in [-0.2, -0.15) is 17.6 Å². The summed E-state index contributed by atoms with van der Waals surface area (Å²) in [6, 6.07) is 0. The van der Waals surface area contributed by atoms with E-state index in [1.807, 2.05) is 0 Å². The second-order valence-electron chi connectivity index (χ2n) is 4.85. The van der Waals surface area contributed by atoms with E-state index in [1.54, 1.807) is 36.7 Å². The zero-order chi connectivity index (χ0) is 14.8. The molecule has 0 aromatic heterocycles. The Balaban J connectivity index is 4.35. The second kappa shape index (κ2) is 5.63. The molecule has 0 saturated carbocycles. The zero-order valence-corrected chi connectivity index (χ0v) is 12.2. The molecule has 0 aromatic rings. The lowest BCUT2D eigenvalue weighted by Gasteiger charge is -2.27. The molecule has 0 atom stereocenters. The topological polar surface area (TPSA) is 29.5 Å². The number of nitrogens with zero attached hydrogens (tertiary/aromatic N) is 1. The lowest BCUT2D eigenvalue weighted by atomic mass is 10.2. The van der Waals surface area contributed by atoms with Crippen molar-refractivity contribution in [3.8, 4) is 0 Å². The maximum Gasteiger partial charge on any atom is 0.410 e. The van der Waals surface area contributed by atoms with Crippen LogP contribution in [0.25, 0.3) is 0 Å². The van der Waals surface area contributed by atoms with Crippen molar-refractivity contribution >= 4 is 22.0 Å². The van der Waals surface area contributed by atoms with Gasteiger partial charge in [-0.15, -0.1) is 0 Å². The van der Waals surface area contributed by atoms with Gasteiger partial charge in [0.15, 0.2) is 0 Å². The smallest absolute Gasteiger partial charge is 0.410 e. The fraction of sp³-hybridized carbons (Fsp3) is 0.900. The first kappa shape index (κ1) is 17.5. The molecule has 3 nitrogen and oxygen atoms in total. The molecule has 0 bridgehead atoms. The number of ether oxygens (including phenoxy) is 1. The van der Waals surface area contributed by atoms with Crippen molar-refractivity contribution in [2.45, 2.75) is 43.5 Å². The first-order valence-electron chi connectivity index (χ1n) is 5.15. The Labute approximate surface area is 112 Å². The Morgan fingerprint density at radius 1 is 1.22 bits per heavy atom. The first-order valence-corrected chi connectivity index (χ1v) is 5.94. The largest absolute Gasteiger partial charge is 0.444 e. The number of amides is 1. The average molecular weight is 338 g/mol. The van der Waals surface area contributed by atoms with Crippen molar-refractivity contribution in [3.63, 3.8) is 0 Å². The lowest BCUT2D eigenvalue weighted by molar-refractivity contribution is -0.152. The summed E-state index contributed by atoms with van der Waals surface area (Å²) in [7, 11) is 1.20. The molecule has 0 heterocycles. The summed E-state index contributed by atoms with van der Waals surface area (Å²) < 4.78 is 55.6. The van der Waals surface area contributed by atoms with Crippen LogP contribution in [0.3, 0.4) is 0 Å². The van der Waals surface area contributed by atoms with Crippen molar-refractivity contribution in [2.75, 3.05) is 13.6 Å². The van der Waals surface area contributed by atoms with Crippen LogP contribution in [0, 0.1) is 0 Å². The van der Waals surface area contributed by atoms with Crippen LogP contribution in [-0.4, -0.2) is 40.9 Å². The van der Waals surface area contributed by atoms with Crippen LogP contribution < -0.4 is 0 Å². The molecule has 0 spiro atoms. The Bertz CT molecular complexity index is 299. The Kier molecular flexibility index (Phi) is 5.46. The minimum atomic E-state index is -4.30. The highest BCUT2D eigenvalue weighted by atomic mass is 79.9. The maximum absolute atomic E-state index is 12.9. The maximum atomic E-state index is 12.9. The molecule has 0 radical (unpaired) electrons. The standard InChI is InChI=1S/C10H16BrF4NO2/c1-8(2,3)18-7(17)16(4)6-5-9(12,13)10(11,14)15/h5-6H2,1-4H3. The Morgan fingerprint density at radius 2 is 1.67 bits per heavy atom. The van der Waals surface area contributed by atoms with Gasteiger partial charge in [0.2, 0.25) is 0 Å². The third-order valence-corrected chi connectivity index (χ3v) is 2.46. The van der Waals surface area contributed by atoms with Gasteiger partial charge in [0.05, 0.1) is 0 Å². The van der Waals surface area contributed by atoms with Crippen molar-refractivity contribution in [1.82, 2.24) is 4.90 Å². The molecule has 0 rings (SSSR count). The van der Waals surface area contributed by atoms with E-state index in [1.165, 1.54) is 7.05 Å².